The molecule has 0 saturated heterocycles. The molecule has 0 unspecified atom stereocenters. The second-order valence-electron chi connectivity index (χ2n) is 3.20. The summed E-state index contributed by atoms with van der Waals surface area (Å²) in [6.45, 7) is 0. The van der Waals surface area contributed by atoms with Crippen molar-refractivity contribution < 1.29 is 4.39 Å². The van der Waals surface area contributed by atoms with Gasteiger partial charge in [-0.15, -0.1) is 23.1 Å². The van der Waals surface area contributed by atoms with Gasteiger partial charge >= 0.3 is 0 Å². The Kier molecular flexibility index (Phi) is 3.89. The number of rotatable bonds is 3. The van der Waals surface area contributed by atoms with Crippen LogP contribution in [0.3, 0.4) is 0 Å². The topological polar surface area (TPSA) is 26.0 Å². The van der Waals surface area contributed by atoms with E-state index >= 15 is 0 Å². The van der Waals surface area contributed by atoms with Crippen LogP contribution < -0.4 is 5.73 Å². The summed E-state index contributed by atoms with van der Waals surface area (Å²) in [4.78, 5) is 2.16. The molecule has 0 atom stereocenters. The van der Waals surface area contributed by atoms with Gasteiger partial charge in [0.15, 0.2) is 0 Å². The summed E-state index contributed by atoms with van der Waals surface area (Å²) in [6, 6.07) is 6.99. The van der Waals surface area contributed by atoms with Crippen molar-refractivity contribution in [1.82, 2.24) is 0 Å². The van der Waals surface area contributed by atoms with Crippen molar-refractivity contribution in [1.29, 1.82) is 0 Å². The van der Waals surface area contributed by atoms with Gasteiger partial charge in [0, 0.05) is 25.4 Å². The van der Waals surface area contributed by atoms with Crippen LogP contribution in [0.5, 0.6) is 0 Å². The van der Waals surface area contributed by atoms with E-state index in [2.05, 4.69) is 22.0 Å². The van der Waals surface area contributed by atoms with Gasteiger partial charge in [0.25, 0.3) is 0 Å². The van der Waals surface area contributed by atoms with E-state index in [4.69, 9.17) is 5.73 Å². The van der Waals surface area contributed by atoms with Gasteiger partial charge in [-0.3, -0.25) is 0 Å². The number of halogens is 2. The molecule has 5 heteroatoms. The molecule has 0 aliphatic carbocycles. The lowest BCUT2D eigenvalue weighted by molar-refractivity contribution is 0.629. The van der Waals surface area contributed by atoms with E-state index in [9.17, 15) is 4.39 Å². The highest BCUT2D eigenvalue weighted by atomic mass is 79.9. The molecular formula is C11H9BrFNS2. The molecule has 0 aliphatic rings. The number of thiophene rings is 1. The summed E-state index contributed by atoms with van der Waals surface area (Å²) >= 11 is 6.70. The zero-order valence-corrected chi connectivity index (χ0v) is 11.5. The molecule has 1 heterocycles. The highest BCUT2D eigenvalue weighted by molar-refractivity contribution is 9.10. The molecule has 1 aromatic carbocycles. The Hall–Kier alpha value is -0.520. The quantitative estimate of drug-likeness (QED) is 0.665. The molecule has 0 radical (unpaired) electrons. The normalized spacial score (nSPS) is 10.6. The first kappa shape index (κ1) is 12.0. The van der Waals surface area contributed by atoms with Gasteiger partial charge in [-0.1, -0.05) is 0 Å². The second-order valence-corrected chi connectivity index (χ2v) is 6.16. The summed E-state index contributed by atoms with van der Waals surface area (Å²) in [5, 5.41) is 2.04. The predicted octanol–water partition coefficient (Wildman–Crippen LogP) is 4.52. The van der Waals surface area contributed by atoms with E-state index in [1.807, 2.05) is 11.4 Å². The van der Waals surface area contributed by atoms with E-state index in [0.717, 1.165) is 15.1 Å². The maximum absolute atomic E-state index is 13.2. The third kappa shape index (κ3) is 2.99. The molecule has 1 aromatic heterocycles. The number of nitrogens with two attached hydrogens (primary N) is 1. The number of hydrogen-bond acceptors (Lipinski definition) is 3. The first-order valence-electron chi connectivity index (χ1n) is 4.56. The molecule has 1 nitrogen and oxygen atoms in total. The molecule has 2 aromatic rings. The summed E-state index contributed by atoms with van der Waals surface area (Å²) in [5.41, 5.74) is 5.61. The van der Waals surface area contributed by atoms with Crippen molar-refractivity contribution >= 4 is 44.7 Å². The zero-order chi connectivity index (χ0) is 11.5. The zero-order valence-electron chi connectivity index (χ0n) is 8.24. The number of nitrogen functional groups attached to an aromatic ring is 1. The minimum atomic E-state index is -0.350. The average molecular weight is 318 g/mol. The van der Waals surface area contributed by atoms with Crippen molar-refractivity contribution in [3.05, 3.63) is 44.8 Å². The number of anilines is 1. The number of thioether (sulfide) groups is 1. The standard InChI is InChI=1S/C11H9BrFNS2/c12-7-3-9(15-5-7)6-16-8-1-2-11(14)10(13)4-8/h1-5H,6,14H2. The fourth-order valence-electron chi connectivity index (χ4n) is 1.18. The third-order valence-electron chi connectivity index (χ3n) is 1.97. The van der Waals surface area contributed by atoms with Crippen molar-refractivity contribution in [2.75, 3.05) is 5.73 Å². The van der Waals surface area contributed by atoms with Crippen LogP contribution in [0.25, 0.3) is 0 Å². The maximum Gasteiger partial charge on any atom is 0.147 e. The van der Waals surface area contributed by atoms with Crippen LogP contribution in [0.1, 0.15) is 4.88 Å². The van der Waals surface area contributed by atoms with Crippen molar-refractivity contribution in [3.63, 3.8) is 0 Å². The molecule has 0 aliphatic heterocycles. The van der Waals surface area contributed by atoms with Crippen molar-refractivity contribution in [3.8, 4) is 0 Å². The van der Waals surface area contributed by atoms with Crippen LogP contribution in [0.2, 0.25) is 0 Å². The van der Waals surface area contributed by atoms with Gasteiger partial charge < -0.3 is 5.73 Å². The molecule has 16 heavy (non-hydrogen) atoms. The van der Waals surface area contributed by atoms with Gasteiger partial charge in [-0.05, 0) is 40.2 Å². The Morgan fingerprint density at radius 3 is 2.81 bits per heavy atom. The SMILES string of the molecule is Nc1ccc(SCc2cc(Br)cs2)cc1F. The molecule has 0 amide bonds. The Morgan fingerprint density at radius 2 is 2.19 bits per heavy atom. The van der Waals surface area contributed by atoms with Gasteiger partial charge in [0.2, 0.25) is 0 Å². The van der Waals surface area contributed by atoms with Crippen molar-refractivity contribution in [2.45, 2.75) is 10.6 Å². The van der Waals surface area contributed by atoms with Crippen LogP contribution in [0.15, 0.2) is 39.0 Å². The van der Waals surface area contributed by atoms with Crippen LogP contribution in [-0.2, 0) is 5.75 Å². The summed E-state index contributed by atoms with van der Waals surface area (Å²) in [5.74, 6) is 0.497. The Labute approximate surface area is 110 Å². The molecule has 84 valence electrons. The van der Waals surface area contributed by atoms with Gasteiger partial charge in [-0.25, -0.2) is 4.39 Å². The number of hydrogen-bond donors (Lipinski definition) is 1. The van der Waals surface area contributed by atoms with Crippen molar-refractivity contribution in [2.24, 2.45) is 0 Å². The van der Waals surface area contributed by atoms with E-state index < -0.39 is 0 Å². The van der Waals surface area contributed by atoms with Gasteiger partial charge in [0.1, 0.15) is 5.82 Å². The first-order chi connectivity index (χ1) is 7.65. The van der Waals surface area contributed by atoms with Gasteiger partial charge in [0.05, 0.1) is 5.69 Å². The smallest absolute Gasteiger partial charge is 0.147 e. The van der Waals surface area contributed by atoms with Crippen LogP contribution in [-0.4, -0.2) is 0 Å². The fourth-order valence-corrected chi connectivity index (χ4v) is 3.61. The van der Waals surface area contributed by atoms with Crippen LogP contribution in [0.4, 0.5) is 10.1 Å². The van der Waals surface area contributed by atoms with E-state index in [0.29, 0.717) is 0 Å². The van der Waals surface area contributed by atoms with E-state index in [-0.39, 0.29) is 11.5 Å². The monoisotopic (exact) mass is 317 g/mol. The third-order valence-corrected chi connectivity index (χ3v) is 4.90. The second kappa shape index (κ2) is 5.21. The average Bonchev–Trinajstić information content (AvgIpc) is 2.66. The minimum Gasteiger partial charge on any atom is -0.396 e. The molecule has 2 N–H and O–H groups in total. The predicted molar refractivity (Wildman–Crippen MR) is 72.4 cm³/mol. The molecule has 0 saturated carbocycles. The van der Waals surface area contributed by atoms with E-state index in [1.54, 1.807) is 29.2 Å². The highest BCUT2D eigenvalue weighted by Crippen LogP contribution is 2.29. The Balaban J connectivity index is 2.02. The molecule has 0 bridgehead atoms. The largest absolute Gasteiger partial charge is 0.396 e. The lowest BCUT2D eigenvalue weighted by atomic mass is 10.3. The fraction of sp³-hybridized carbons (Fsp3) is 0.0909. The number of benzene rings is 1. The minimum absolute atomic E-state index is 0.197. The summed E-state index contributed by atoms with van der Waals surface area (Å²) < 4.78 is 14.3. The molecular weight excluding hydrogens is 309 g/mol. The highest BCUT2D eigenvalue weighted by Gasteiger charge is 2.02. The maximum atomic E-state index is 13.2. The summed E-state index contributed by atoms with van der Waals surface area (Å²) in [7, 11) is 0. The lowest BCUT2D eigenvalue weighted by Gasteiger charge is -2.01. The lowest BCUT2D eigenvalue weighted by Crippen LogP contribution is -1.89. The molecule has 0 fully saturated rings. The Bertz CT molecular complexity index is 498. The molecule has 2 rings (SSSR count). The Morgan fingerprint density at radius 1 is 1.38 bits per heavy atom. The first-order valence-corrected chi connectivity index (χ1v) is 7.22. The van der Waals surface area contributed by atoms with E-state index in [1.165, 1.54) is 10.9 Å². The molecule has 0 spiro atoms. The van der Waals surface area contributed by atoms with Crippen LogP contribution in [0, 0.1) is 5.82 Å². The van der Waals surface area contributed by atoms with Crippen LogP contribution >= 0.6 is 39.0 Å². The summed E-state index contributed by atoms with van der Waals surface area (Å²) in [6.07, 6.45) is 0. The van der Waals surface area contributed by atoms with Gasteiger partial charge in [-0.2, -0.15) is 0 Å².